The zero-order chi connectivity index (χ0) is 16.0. The molecule has 8 nitrogen and oxygen atoms in total. The maximum absolute atomic E-state index is 8.47. The van der Waals surface area contributed by atoms with E-state index in [9.17, 15) is 0 Å². The van der Waals surface area contributed by atoms with Crippen LogP contribution in [0.4, 0.5) is 0 Å². The fourth-order valence-corrected chi connectivity index (χ4v) is 2.91. The maximum Gasteiger partial charge on any atom is 0.204 e. The van der Waals surface area contributed by atoms with Crippen LogP contribution in [-0.4, -0.2) is 49.3 Å². The smallest absolute Gasteiger partial charge is 0.204 e. The molecular formula is C12H20N8S2. The number of rotatable bonds is 8. The predicted octanol–water partition coefficient (Wildman–Crippen LogP) is -0.0733. The van der Waals surface area contributed by atoms with Crippen molar-refractivity contribution in [3.63, 3.8) is 0 Å². The Labute approximate surface area is 138 Å². The number of hydrogen-bond donors (Lipinski definition) is 4. The summed E-state index contributed by atoms with van der Waals surface area (Å²) in [6.45, 7) is 1.84. The van der Waals surface area contributed by atoms with E-state index in [1.54, 1.807) is 36.3 Å². The normalized spacial score (nSPS) is 11.8. The molecule has 1 aromatic rings. The van der Waals surface area contributed by atoms with Crippen LogP contribution in [0.1, 0.15) is 5.01 Å². The van der Waals surface area contributed by atoms with E-state index >= 15 is 0 Å². The van der Waals surface area contributed by atoms with Gasteiger partial charge in [0, 0.05) is 43.2 Å². The molecule has 0 spiro atoms. The minimum atomic E-state index is 0.417. The highest BCUT2D eigenvalue weighted by Gasteiger charge is 1.97. The minimum absolute atomic E-state index is 0.417. The molecule has 0 radical (unpaired) electrons. The van der Waals surface area contributed by atoms with Gasteiger partial charge >= 0.3 is 0 Å². The molecule has 0 aliphatic rings. The highest BCUT2D eigenvalue weighted by molar-refractivity contribution is 7.98. The number of guanidine groups is 2. The summed E-state index contributed by atoms with van der Waals surface area (Å²) in [6.07, 6.45) is 3.62. The van der Waals surface area contributed by atoms with E-state index in [1.165, 1.54) is 0 Å². The van der Waals surface area contributed by atoms with Gasteiger partial charge in [0.2, 0.25) is 5.96 Å². The molecule has 0 aromatic carbocycles. The van der Waals surface area contributed by atoms with E-state index in [1.807, 2.05) is 11.6 Å². The van der Waals surface area contributed by atoms with Gasteiger partial charge < -0.3 is 16.4 Å². The Morgan fingerprint density at radius 2 is 2.32 bits per heavy atom. The third kappa shape index (κ3) is 8.33. The first-order chi connectivity index (χ1) is 10.8. The van der Waals surface area contributed by atoms with Gasteiger partial charge in [-0.1, -0.05) is 0 Å². The monoisotopic (exact) mass is 340 g/mol. The van der Waals surface area contributed by atoms with Crippen LogP contribution in [-0.2, 0) is 5.75 Å². The summed E-state index contributed by atoms with van der Waals surface area (Å²) in [7, 11) is 1.60. The average molecular weight is 340 g/mol. The second-order valence-corrected chi connectivity index (χ2v) is 5.99. The Hall–Kier alpha value is -1.99. The Kier molecular flexibility index (Phi) is 9.56. The van der Waals surface area contributed by atoms with Crippen LogP contribution in [0.25, 0.3) is 0 Å². The fourth-order valence-electron chi connectivity index (χ4n) is 1.37. The first kappa shape index (κ1) is 18.1. The predicted molar refractivity (Wildman–Crippen MR) is 92.9 cm³/mol. The van der Waals surface area contributed by atoms with Crippen molar-refractivity contribution in [2.75, 3.05) is 32.4 Å². The molecule has 0 atom stereocenters. The molecule has 10 heteroatoms. The number of thiazole rings is 1. The third-order valence-corrected chi connectivity index (χ3v) is 4.26. The quantitative estimate of drug-likeness (QED) is 0.172. The molecule has 1 rings (SSSR count). The third-order valence-electron chi connectivity index (χ3n) is 2.35. The summed E-state index contributed by atoms with van der Waals surface area (Å²) in [5.41, 5.74) is 5.75. The van der Waals surface area contributed by atoms with Crippen LogP contribution in [0.3, 0.4) is 0 Å². The summed E-state index contributed by atoms with van der Waals surface area (Å²) < 4.78 is 0. The van der Waals surface area contributed by atoms with Gasteiger partial charge in [-0.05, 0) is 0 Å². The largest absolute Gasteiger partial charge is 0.370 e. The molecule has 0 fully saturated rings. The van der Waals surface area contributed by atoms with Crippen LogP contribution >= 0.6 is 23.1 Å². The highest BCUT2D eigenvalue weighted by Crippen LogP contribution is 2.13. The zero-order valence-electron chi connectivity index (χ0n) is 12.4. The summed E-state index contributed by atoms with van der Waals surface area (Å²) in [4.78, 5) is 12.3. The molecule has 22 heavy (non-hydrogen) atoms. The van der Waals surface area contributed by atoms with Gasteiger partial charge in [0.15, 0.2) is 12.2 Å². The van der Waals surface area contributed by atoms with E-state index in [2.05, 4.69) is 30.9 Å². The Morgan fingerprint density at radius 3 is 3.00 bits per heavy atom. The van der Waals surface area contributed by atoms with Crippen molar-refractivity contribution in [2.45, 2.75) is 5.75 Å². The van der Waals surface area contributed by atoms with Crippen molar-refractivity contribution in [1.29, 1.82) is 5.26 Å². The number of hydrogen-bond acceptors (Lipinski definition) is 6. The lowest BCUT2D eigenvalue weighted by Gasteiger charge is -2.08. The van der Waals surface area contributed by atoms with E-state index < -0.39 is 0 Å². The van der Waals surface area contributed by atoms with Crippen molar-refractivity contribution in [1.82, 2.24) is 20.9 Å². The number of nitrogens with two attached hydrogens (primary N) is 1. The number of aromatic nitrogens is 1. The van der Waals surface area contributed by atoms with Gasteiger partial charge in [-0.3, -0.25) is 15.3 Å². The Morgan fingerprint density at radius 1 is 1.50 bits per heavy atom. The first-order valence-electron chi connectivity index (χ1n) is 6.62. The van der Waals surface area contributed by atoms with E-state index in [-0.39, 0.29) is 0 Å². The minimum Gasteiger partial charge on any atom is -0.370 e. The number of thioether (sulfide) groups is 1. The fraction of sp³-hybridized carbons (Fsp3) is 0.500. The molecule has 1 aromatic heterocycles. The lowest BCUT2D eigenvalue weighted by Crippen LogP contribution is -2.41. The lowest BCUT2D eigenvalue weighted by molar-refractivity contribution is 0.790. The summed E-state index contributed by atoms with van der Waals surface area (Å²) in [5.74, 6) is 2.66. The second kappa shape index (κ2) is 11.6. The van der Waals surface area contributed by atoms with Crippen molar-refractivity contribution in [3.8, 4) is 6.19 Å². The number of aliphatic imine (C=N–C) groups is 2. The first-order valence-corrected chi connectivity index (χ1v) is 8.65. The van der Waals surface area contributed by atoms with E-state index in [0.29, 0.717) is 31.6 Å². The average Bonchev–Trinajstić information content (AvgIpc) is 3.03. The molecule has 0 aliphatic carbocycles. The molecule has 1 heterocycles. The maximum atomic E-state index is 8.47. The summed E-state index contributed by atoms with van der Waals surface area (Å²) in [6, 6.07) is 0. The van der Waals surface area contributed by atoms with Crippen LogP contribution in [0.5, 0.6) is 0 Å². The van der Waals surface area contributed by atoms with Crippen molar-refractivity contribution >= 4 is 35.0 Å². The number of nitrogens with one attached hydrogen (secondary N) is 3. The number of nitriles is 1. The van der Waals surface area contributed by atoms with Crippen molar-refractivity contribution in [2.24, 2.45) is 15.7 Å². The summed E-state index contributed by atoms with van der Waals surface area (Å²) in [5, 5.41) is 19.9. The Bertz CT molecular complexity index is 506. The molecule has 0 saturated carbocycles. The van der Waals surface area contributed by atoms with Crippen molar-refractivity contribution in [3.05, 3.63) is 16.6 Å². The Balaban J connectivity index is 2.04. The van der Waals surface area contributed by atoms with Gasteiger partial charge in [-0.2, -0.15) is 17.0 Å². The summed E-state index contributed by atoms with van der Waals surface area (Å²) >= 11 is 3.45. The van der Waals surface area contributed by atoms with Gasteiger partial charge in [-0.25, -0.2) is 4.98 Å². The van der Waals surface area contributed by atoms with Gasteiger partial charge in [0.25, 0.3) is 0 Å². The SMILES string of the molecule is CN=C(NC#N)NCCNC(N)=NCCSCc1nccs1. The molecule has 0 bridgehead atoms. The number of nitrogens with zero attached hydrogens (tertiary/aromatic N) is 4. The molecule has 5 N–H and O–H groups in total. The van der Waals surface area contributed by atoms with Gasteiger partial charge in [-0.15, -0.1) is 11.3 Å². The van der Waals surface area contributed by atoms with Crippen LogP contribution < -0.4 is 21.7 Å². The van der Waals surface area contributed by atoms with Gasteiger partial charge in [0.1, 0.15) is 5.01 Å². The standard InChI is InChI=1S/C12H20N8S2/c1-15-12(20-9-13)19-3-2-17-11(14)18-4-6-21-8-10-16-5-7-22-10/h5,7H,2-4,6,8H2,1H3,(H3,14,17,18)(H2,15,19,20). The molecule has 0 amide bonds. The molecule has 0 saturated heterocycles. The lowest BCUT2D eigenvalue weighted by atomic mass is 10.6. The zero-order valence-corrected chi connectivity index (χ0v) is 14.0. The molecule has 0 aliphatic heterocycles. The van der Waals surface area contributed by atoms with Crippen LogP contribution in [0, 0.1) is 11.5 Å². The molecule has 120 valence electrons. The van der Waals surface area contributed by atoms with E-state index in [0.717, 1.165) is 16.5 Å². The highest BCUT2D eigenvalue weighted by atomic mass is 32.2. The van der Waals surface area contributed by atoms with Gasteiger partial charge in [0.05, 0.1) is 6.54 Å². The van der Waals surface area contributed by atoms with Crippen LogP contribution in [0.15, 0.2) is 21.6 Å². The second-order valence-electron chi connectivity index (χ2n) is 3.91. The topological polar surface area (TPSA) is 124 Å². The molecular weight excluding hydrogens is 320 g/mol. The molecule has 0 unspecified atom stereocenters. The van der Waals surface area contributed by atoms with E-state index in [4.69, 9.17) is 11.0 Å². The van der Waals surface area contributed by atoms with Crippen molar-refractivity contribution < 1.29 is 0 Å². The van der Waals surface area contributed by atoms with Crippen LogP contribution in [0.2, 0.25) is 0 Å².